The summed E-state index contributed by atoms with van der Waals surface area (Å²) in [4.78, 5) is 12.7. The molecule has 1 aromatic rings. The highest BCUT2D eigenvalue weighted by atomic mass is 32.1. The second kappa shape index (κ2) is 9.40. The molecule has 2 N–H and O–H groups in total. The Morgan fingerprint density at radius 3 is 2.65 bits per heavy atom. The minimum atomic E-state index is -0.520. The van der Waals surface area contributed by atoms with E-state index in [1.807, 2.05) is 13.0 Å². The molecule has 1 heterocycles. The Labute approximate surface area is 158 Å². The van der Waals surface area contributed by atoms with Crippen LogP contribution in [-0.2, 0) is 14.3 Å². The highest BCUT2D eigenvalue weighted by Gasteiger charge is 2.33. The summed E-state index contributed by atoms with van der Waals surface area (Å²) >= 11 is 5.26. The van der Waals surface area contributed by atoms with Gasteiger partial charge >= 0.3 is 5.97 Å². The highest BCUT2D eigenvalue weighted by Crippen LogP contribution is 2.35. The van der Waals surface area contributed by atoms with Crippen LogP contribution < -0.4 is 20.1 Å². The van der Waals surface area contributed by atoms with E-state index >= 15 is 0 Å². The maximum absolute atomic E-state index is 12.7. The number of allylic oxidation sites excluding steroid dienone is 1. The predicted octanol–water partition coefficient (Wildman–Crippen LogP) is 2.08. The van der Waals surface area contributed by atoms with Crippen LogP contribution in [0.2, 0.25) is 0 Å². The van der Waals surface area contributed by atoms with Crippen molar-refractivity contribution in [3.63, 3.8) is 0 Å². The molecule has 0 amide bonds. The lowest BCUT2D eigenvalue weighted by Gasteiger charge is -2.30. The third-order valence-corrected chi connectivity index (χ3v) is 4.12. The Morgan fingerprint density at radius 1 is 1.23 bits per heavy atom. The van der Waals surface area contributed by atoms with Crippen molar-refractivity contribution in [2.75, 3.05) is 34.0 Å². The van der Waals surface area contributed by atoms with Crippen LogP contribution in [0.15, 0.2) is 29.5 Å². The minimum Gasteiger partial charge on any atom is -0.497 e. The number of carbonyl (C=O) groups excluding carboxylic acids is 1. The lowest BCUT2D eigenvalue weighted by molar-refractivity contribution is -0.141. The van der Waals surface area contributed by atoms with Gasteiger partial charge in [0.05, 0.1) is 32.4 Å². The Kier molecular flexibility index (Phi) is 7.23. The number of esters is 1. The van der Waals surface area contributed by atoms with Crippen LogP contribution in [0.3, 0.4) is 0 Å². The lowest BCUT2D eigenvalue weighted by Crippen LogP contribution is -2.45. The van der Waals surface area contributed by atoms with E-state index in [-0.39, 0.29) is 6.61 Å². The first-order valence-corrected chi connectivity index (χ1v) is 8.67. The fourth-order valence-electron chi connectivity index (χ4n) is 2.68. The third-order valence-electron chi connectivity index (χ3n) is 3.90. The molecule has 142 valence electrons. The summed E-state index contributed by atoms with van der Waals surface area (Å²) < 4.78 is 21.3. The fraction of sp³-hybridized carbons (Fsp3) is 0.444. The predicted molar refractivity (Wildman–Crippen MR) is 101 cm³/mol. The monoisotopic (exact) mass is 380 g/mol. The fourth-order valence-corrected chi connectivity index (χ4v) is 2.95. The summed E-state index contributed by atoms with van der Waals surface area (Å²) in [6.45, 7) is 4.76. The summed E-state index contributed by atoms with van der Waals surface area (Å²) in [5.74, 6) is 0.814. The van der Waals surface area contributed by atoms with Gasteiger partial charge in [0.15, 0.2) is 5.11 Å². The van der Waals surface area contributed by atoms with E-state index in [2.05, 4.69) is 10.6 Å². The molecule has 0 fully saturated rings. The van der Waals surface area contributed by atoms with Gasteiger partial charge in [0.25, 0.3) is 0 Å². The van der Waals surface area contributed by atoms with Gasteiger partial charge in [-0.25, -0.2) is 4.79 Å². The molecule has 1 aliphatic heterocycles. The zero-order valence-corrected chi connectivity index (χ0v) is 16.2. The van der Waals surface area contributed by atoms with Crippen LogP contribution in [-0.4, -0.2) is 45.1 Å². The number of benzene rings is 1. The Hall–Kier alpha value is -2.32. The topological polar surface area (TPSA) is 78.1 Å². The Morgan fingerprint density at radius 2 is 2.00 bits per heavy atom. The van der Waals surface area contributed by atoms with Crippen LogP contribution >= 0.6 is 12.2 Å². The molecule has 7 nitrogen and oxygen atoms in total. The van der Waals surface area contributed by atoms with E-state index in [1.165, 1.54) is 0 Å². The van der Waals surface area contributed by atoms with E-state index in [9.17, 15) is 4.79 Å². The number of ether oxygens (including phenoxy) is 4. The molecule has 0 saturated heterocycles. The number of thiocarbonyl (C=S) groups is 1. The van der Waals surface area contributed by atoms with E-state index in [0.29, 0.717) is 41.1 Å². The van der Waals surface area contributed by atoms with Gasteiger partial charge in [-0.1, -0.05) is 0 Å². The molecule has 1 atom stereocenters. The molecular weight excluding hydrogens is 356 g/mol. The number of hydrogen-bond donors (Lipinski definition) is 2. The second-order valence-electron chi connectivity index (χ2n) is 5.51. The van der Waals surface area contributed by atoms with Crippen LogP contribution in [0.5, 0.6) is 11.5 Å². The van der Waals surface area contributed by atoms with Gasteiger partial charge in [-0.15, -0.1) is 0 Å². The molecule has 0 unspecified atom stereocenters. The summed E-state index contributed by atoms with van der Waals surface area (Å²) in [5.41, 5.74) is 1.79. The maximum atomic E-state index is 12.7. The normalized spacial score (nSPS) is 16.6. The quantitative estimate of drug-likeness (QED) is 0.403. The number of hydrogen-bond acceptors (Lipinski definition) is 6. The minimum absolute atomic E-state index is 0.176. The molecule has 0 aliphatic carbocycles. The van der Waals surface area contributed by atoms with Gasteiger partial charge in [0.1, 0.15) is 18.1 Å². The zero-order chi connectivity index (χ0) is 19.1. The third kappa shape index (κ3) is 4.64. The van der Waals surface area contributed by atoms with Gasteiger partial charge in [-0.05, 0) is 44.3 Å². The van der Waals surface area contributed by atoms with Crippen molar-refractivity contribution < 1.29 is 23.7 Å². The van der Waals surface area contributed by atoms with Gasteiger partial charge in [-0.3, -0.25) is 0 Å². The van der Waals surface area contributed by atoms with Crippen molar-refractivity contribution in [3.05, 3.63) is 35.0 Å². The van der Waals surface area contributed by atoms with E-state index in [1.54, 1.807) is 33.3 Å². The molecule has 0 spiro atoms. The molecule has 26 heavy (non-hydrogen) atoms. The molecular formula is C18H24N2O5S. The lowest BCUT2D eigenvalue weighted by atomic mass is 9.94. The summed E-state index contributed by atoms with van der Waals surface area (Å²) in [6.07, 6.45) is 0. The number of carbonyl (C=O) groups is 1. The van der Waals surface area contributed by atoms with E-state index < -0.39 is 12.0 Å². The van der Waals surface area contributed by atoms with E-state index in [4.69, 9.17) is 31.2 Å². The molecule has 0 bridgehead atoms. The average Bonchev–Trinajstić information content (AvgIpc) is 2.63. The SMILES string of the molecule is CCOCCOC(=O)C1=C(C)NC(=S)N[C@@H]1c1cc(OC)ccc1OC. The first kappa shape index (κ1) is 20.0. The first-order valence-electron chi connectivity index (χ1n) is 8.26. The van der Waals surface area contributed by atoms with Crippen molar-refractivity contribution in [3.8, 4) is 11.5 Å². The summed E-state index contributed by atoms with van der Waals surface area (Å²) in [7, 11) is 3.15. The van der Waals surface area contributed by atoms with Crippen molar-refractivity contribution in [1.82, 2.24) is 10.6 Å². The van der Waals surface area contributed by atoms with Crippen molar-refractivity contribution in [2.45, 2.75) is 19.9 Å². The molecule has 0 aromatic heterocycles. The van der Waals surface area contributed by atoms with Crippen molar-refractivity contribution in [1.29, 1.82) is 0 Å². The van der Waals surface area contributed by atoms with E-state index in [0.717, 1.165) is 5.56 Å². The summed E-state index contributed by atoms with van der Waals surface area (Å²) in [5, 5.41) is 6.51. The molecule has 0 saturated carbocycles. The Bertz CT molecular complexity index is 705. The molecule has 2 rings (SSSR count). The zero-order valence-electron chi connectivity index (χ0n) is 15.4. The van der Waals surface area contributed by atoms with Crippen LogP contribution in [0.1, 0.15) is 25.5 Å². The number of nitrogens with one attached hydrogen (secondary N) is 2. The van der Waals surface area contributed by atoms with Crippen molar-refractivity contribution >= 4 is 23.3 Å². The van der Waals surface area contributed by atoms with Gasteiger partial charge in [0.2, 0.25) is 0 Å². The van der Waals surface area contributed by atoms with Crippen molar-refractivity contribution in [2.24, 2.45) is 0 Å². The molecule has 1 aliphatic rings. The largest absolute Gasteiger partial charge is 0.497 e. The molecule has 8 heteroatoms. The second-order valence-corrected chi connectivity index (χ2v) is 5.92. The maximum Gasteiger partial charge on any atom is 0.338 e. The Balaban J connectivity index is 2.36. The van der Waals surface area contributed by atoms with Crippen LogP contribution in [0.25, 0.3) is 0 Å². The molecule has 1 aromatic carbocycles. The van der Waals surface area contributed by atoms with Gasteiger partial charge in [0, 0.05) is 17.9 Å². The molecule has 0 radical (unpaired) electrons. The smallest absolute Gasteiger partial charge is 0.338 e. The number of methoxy groups -OCH3 is 2. The number of rotatable bonds is 8. The van der Waals surface area contributed by atoms with Gasteiger partial charge in [-0.2, -0.15) is 0 Å². The van der Waals surface area contributed by atoms with Crippen LogP contribution in [0.4, 0.5) is 0 Å². The standard InChI is InChI=1S/C18H24N2O5S/c1-5-24-8-9-25-17(21)15-11(2)19-18(26)20-16(15)13-10-12(22-3)6-7-14(13)23-4/h6-7,10,16H,5,8-9H2,1-4H3,(H2,19,20,26)/t16-/m1/s1. The average molecular weight is 380 g/mol. The van der Waals surface area contributed by atoms with Crippen LogP contribution in [0, 0.1) is 0 Å². The summed E-state index contributed by atoms with van der Waals surface area (Å²) in [6, 6.07) is 4.87. The first-order chi connectivity index (χ1) is 12.5. The van der Waals surface area contributed by atoms with Gasteiger partial charge < -0.3 is 29.6 Å². The highest BCUT2D eigenvalue weighted by molar-refractivity contribution is 7.80.